The number of nitrogens with zero attached hydrogens (tertiary/aromatic N) is 1. The predicted molar refractivity (Wildman–Crippen MR) is 78.8 cm³/mol. The van der Waals surface area contributed by atoms with Gasteiger partial charge in [0.25, 0.3) is 0 Å². The van der Waals surface area contributed by atoms with Gasteiger partial charge in [-0.25, -0.2) is 8.42 Å². The van der Waals surface area contributed by atoms with E-state index >= 15 is 0 Å². The van der Waals surface area contributed by atoms with Gasteiger partial charge in [0.1, 0.15) is 6.54 Å². The molecule has 0 radical (unpaired) electrons. The van der Waals surface area contributed by atoms with Gasteiger partial charge in [-0.15, -0.1) is 0 Å². The van der Waals surface area contributed by atoms with Crippen LogP contribution in [-0.2, 0) is 19.6 Å². The molecule has 21 heavy (non-hydrogen) atoms. The molecule has 6 nitrogen and oxygen atoms in total. The molecule has 0 aromatic heterocycles. The minimum atomic E-state index is -3.77. The molecule has 2 N–H and O–H groups in total. The van der Waals surface area contributed by atoms with E-state index in [1.165, 1.54) is 19.2 Å². The van der Waals surface area contributed by atoms with Crippen LogP contribution >= 0.6 is 0 Å². The number of benzene rings is 1. The van der Waals surface area contributed by atoms with E-state index < -0.39 is 16.0 Å². The molecule has 0 aliphatic heterocycles. The summed E-state index contributed by atoms with van der Waals surface area (Å²) in [5.74, 6) is 4.83. The van der Waals surface area contributed by atoms with E-state index in [9.17, 15) is 13.2 Å². The molecule has 0 aliphatic rings. The first-order valence-corrected chi connectivity index (χ1v) is 7.75. The largest absolute Gasteiger partial charge is 0.468 e. The fourth-order valence-corrected chi connectivity index (χ4v) is 3.05. The highest BCUT2D eigenvalue weighted by Crippen LogP contribution is 2.16. The molecule has 0 saturated carbocycles. The number of carbonyl (C=O) groups excluding carboxylic acids is 1. The second-order valence-corrected chi connectivity index (χ2v) is 5.98. The van der Waals surface area contributed by atoms with Crippen molar-refractivity contribution in [3.05, 3.63) is 29.8 Å². The monoisotopic (exact) mass is 310 g/mol. The fraction of sp³-hybridized carbons (Fsp3) is 0.357. The summed E-state index contributed by atoms with van der Waals surface area (Å²) in [4.78, 5) is 11.4. The predicted octanol–water partition coefficient (Wildman–Crippen LogP) is 0.180. The molecular weight excluding hydrogens is 292 g/mol. The van der Waals surface area contributed by atoms with Gasteiger partial charge in [-0.2, -0.15) is 4.31 Å². The number of esters is 1. The highest BCUT2D eigenvalue weighted by molar-refractivity contribution is 7.89. The van der Waals surface area contributed by atoms with E-state index in [2.05, 4.69) is 16.6 Å². The summed E-state index contributed by atoms with van der Waals surface area (Å²) >= 11 is 0. The summed E-state index contributed by atoms with van der Waals surface area (Å²) in [5, 5.41) is 0. The van der Waals surface area contributed by atoms with Gasteiger partial charge in [0.05, 0.1) is 18.6 Å². The third kappa shape index (κ3) is 4.56. The Morgan fingerprint density at radius 3 is 2.71 bits per heavy atom. The number of ether oxygens (including phenoxy) is 1. The number of rotatable bonds is 5. The van der Waals surface area contributed by atoms with Gasteiger partial charge < -0.3 is 10.5 Å². The van der Waals surface area contributed by atoms with Crippen LogP contribution in [0.4, 0.5) is 0 Å². The third-order valence-corrected chi connectivity index (χ3v) is 4.61. The Labute approximate surface area is 124 Å². The fourth-order valence-electron chi connectivity index (χ4n) is 1.61. The molecule has 0 heterocycles. The lowest BCUT2D eigenvalue weighted by molar-refractivity contribution is -0.140. The average Bonchev–Trinajstić information content (AvgIpc) is 2.50. The lowest BCUT2D eigenvalue weighted by Crippen LogP contribution is -2.36. The molecule has 0 unspecified atom stereocenters. The van der Waals surface area contributed by atoms with Crippen molar-refractivity contribution < 1.29 is 17.9 Å². The molecule has 0 saturated heterocycles. The molecule has 0 fully saturated rings. The van der Waals surface area contributed by atoms with E-state index in [-0.39, 0.29) is 24.5 Å². The van der Waals surface area contributed by atoms with Gasteiger partial charge in [-0.05, 0) is 18.2 Å². The number of hydrogen-bond acceptors (Lipinski definition) is 5. The first kappa shape index (κ1) is 17.2. The van der Waals surface area contributed by atoms with Gasteiger partial charge in [-0.1, -0.05) is 24.8 Å². The van der Waals surface area contributed by atoms with E-state index in [0.717, 1.165) is 4.31 Å². The normalized spacial score (nSPS) is 10.9. The van der Waals surface area contributed by atoms with Gasteiger partial charge in [0.2, 0.25) is 10.0 Å². The van der Waals surface area contributed by atoms with E-state index in [1.807, 2.05) is 0 Å². The highest BCUT2D eigenvalue weighted by Gasteiger charge is 2.25. The molecule has 0 aliphatic carbocycles. The number of carbonyl (C=O) groups is 1. The van der Waals surface area contributed by atoms with Crippen LogP contribution in [0.1, 0.15) is 12.5 Å². The maximum absolute atomic E-state index is 12.5. The number of likely N-dealkylation sites (N-methyl/N-ethyl adjacent to an activating group) is 1. The number of sulfonamides is 1. The lowest BCUT2D eigenvalue weighted by Gasteiger charge is -2.19. The van der Waals surface area contributed by atoms with Gasteiger partial charge >= 0.3 is 5.97 Å². The molecule has 0 bridgehead atoms. The van der Waals surface area contributed by atoms with Crippen LogP contribution < -0.4 is 5.73 Å². The van der Waals surface area contributed by atoms with E-state index in [0.29, 0.717) is 5.56 Å². The Bertz CT molecular complexity index is 659. The summed E-state index contributed by atoms with van der Waals surface area (Å²) in [7, 11) is -2.56. The molecule has 0 spiro atoms. The Kier molecular flexibility index (Phi) is 6.37. The van der Waals surface area contributed by atoms with Crippen LogP contribution in [-0.4, -0.2) is 45.4 Å². The van der Waals surface area contributed by atoms with E-state index in [4.69, 9.17) is 5.73 Å². The van der Waals surface area contributed by atoms with Crippen molar-refractivity contribution in [1.29, 1.82) is 0 Å². The summed E-state index contributed by atoms with van der Waals surface area (Å²) < 4.78 is 30.5. The van der Waals surface area contributed by atoms with Crippen molar-refractivity contribution in [2.45, 2.75) is 11.8 Å². The quantitative estimate of drug-likeness (QED) is 0.619. The topological polar surface area (TPSA) is 89.7 Å². The van der Waals surface area contributed by atoms with Crippen molar-refractivity contribution in [3.8, 4) is 11.8 Å². The highest BCUT2D eigenvalue weighted by atomic mass is 32.2. The van der Waals surface area contributed by atoms with Crippen LogP contribution in [0.2, 0.25) is 0 Å². The molecule has 0 atom stereocenters. The summed E-state index contributed by atoms with van der Waals surface area (Å²) in [5.41, 5.74) is 5.84. The van der Waals surface area contributed by atoms with Crippen LogP contribution in [0.25, 0.3) is 0 Å². The summed E-state index contributed by atoms with van der Waals surface area (Å²) in [6, 6.07) is 6.21. The van der Waals surface area contributed by atoms with Crippen molar-refractivity contribution in [2.75, 3.05) is 26.7 Å². The standard InChI is InChI=1S/C14H18N2O4S/c1-3-16(11-14(17)20-2)21(18,19)13-8-4-6-12(10-13)7-5-9-15/h4,6,8,10H,3,9,11,15H2,1-2H3. The van der Waals surface area contributed by atoms with Gasteiger partial charge in [-0.3, -0.25) is 4.79 Å². The zero-order valence-electron chi connectivity index (χ0n) is 12.0. The Morgan fingerprint density at radius 1 is 1.43 bits per heavy atom. The minimum Gasteiger partial charge on any atom is -0.468 e. The molecule has 0 amide bonds. The van der Waals surface area contributed by atoms with Crippen LogP contribution in [0, 0.1) is 11.8 Å². The average molecular weight is 310 g/mol. The van der Waals surface area contributed by atoms with Crippen LogP contribution in [0.5, 0.6) is 0 Å². The number of nitrogens with two attached hydrogens (primary N) is 1. The second-order valence-electron chi connectivity index (χ2n) is 4.04. The smallest absolute Gasteiger partial charge is 0.321 e. The first-order chi connectivity index (χ1) is 9.95. The molecule has 114 valence electrons. The maximum atomic E-state index is 12.5. The van der Waals surface area contributed by atoms with Gasteiger partial charge in [0.15, 0.2) is 0 Å². The minimum absolute atomic E-state index is 0.0806. The van der Waals surface area contributed by atoms with Crippen molar-refractivity contribution in [2.24, 2.45) is 5.73 Å². The summed E-state index contributed by atoms with van der Waals surface area (Å²) in [6.07, 6.45) is 0. The molecule has 7 heteroatoms. The second kappa shape index (κ2) is 7.78. The number of hydrogen-bond donors (Lipinski definition) is 1. The number of methoxy groups -OCH3 is 1. The Balaban J connectivity index is 3.13. The van der Waals surface area contributed by atoms with Crippen LogP contribution in [0.3, 0.4) is 0 Å². The van der Waals surface area contributed by atoms with Crippen LogP contribution in [0.15, 0.2) is 29.2 Å². The molecule has 1 rings (SSSR count). The van der Waals surface area contributed by atoms with Crippen molar-refractivity contribution in [3.63, 3.8) is 0 Å². The first-order valence-electron chi connectivity index (χ1n) is 6.31. The molecule has 1 aromatic rings. The third-order valence-electron chi connectivity index (χ3n) is 2.69. The lowest BCUT2D eigenvalue weighted by atomic mass is 10.2. The maximum Gasteiger partial charge on any atom is 0.321 e. The zero-order valence-corrected chi connectivity index (χ0v) is 12.8. The SMILES string of the molecule is CCN(CC(=O)OC)S(=O)(=O)c1cccc(C#CCN)c1. The Morgan fingerprint density at radius 2 is 2.14 bits per heavy atom. The van der Waals surface area contributed by atoms with E-state index in [1.54, 1.807) is 19.1 Å². The Hall–Kier alpha value is -1.88. The molecular formula is C14H18N2O4S. The zero-order chi connectivity index (χ0) is 15.9. The molecule has 1 aromatic carbocycles. The summed E-state index contributed by atoms with van der Waals surface area (Å²) in [6.45, 7) is 1.68. The van der Waals surface area contributed by atoms with Crippen molar-refractivity contribution >= 4 is 16.0 Å². The van der Waals surface area contributed by atoms with Crippen molar-refractivity contribution in [1.82, 2.24) is 4.31 Å². The van der Waals surface area contributed by atoms with Gasteiger partial charge in [0, 0.05) is 12.1 Å².